The lowest BCUT2D eigenvalue weighted by molar-refractivity contribution is -0.384. The number of nitro groups is 1. The molecule has 1 aliphatic rings. The Labute approximate surface area is 174 Å². The molecule has 3 rings (SSSR count). The molecule has 154 valence electrons. The zero-order valence-corrected chi connectivity index (χ0v) is 17.1. The van der Waals surface area contributed by atoms with Crippen molar-refractivity contribution in [3.63, 3.8) is 0 Å². The molecule has 1 heterocycles. The summed E-state index contributed by atoms with van der Waals surface area (Å²) in [5, 5.41) is 11.7. The number of benzene rings is 2. The van der Waals surface area contributed by atoms with Crippen LogP contribution in [0.25, 0.3) is 0 Å². The number of hydrogen-bond acceptors (Lipinski definition) is 5. The van der Waals surface area contributed by atoms with E-state index in [1.165, 1.54) is 12.1 Å². The van der Waals surface area contributed by atoms with Gasteiger partial charge in [0.1, 0.15) is 5.75 Å². The molecule has 0 aromatic heterocycles. The van der Waals surface area contributed by atoms with Crippen LogP contribution in [0, 0.1) is 16.0 Å². The molecule has 1 atom stereocenters. The van der Waals surface area contributed by atoms with Crippen molar-refractivity contribution in [1.82, 2.24) is 0 Å². The Kier molecular flexibility index (Phi) is 6.59. The van der Waals surface area contributed by atoms with Gasteiger partial charge in [0.25, 0.3) is 11.6 Å². The number of non-ortho nitro benzene ring substituents is 1. The molecule has 8 heteroatoms. The molecule has 7 nitrogen and oxygen atoms in total. The van der Waals surface area contributed by atoms with E-state index in [4.69, 9.17) is 21.1 Å². The first kappa shape index (κ1) is 20.9. The fraction of sp³-hybridized carbons (Fsp3) is 0.381. The van der Waals surface area contributed by atoms with Crippen LogP contribution in [0.5, 0.6) is 11.5 Å². The van der Waals surface area contributed by atoms with Gasteiger partial charge in [-0.25, -0.2) is 0 Å². The molecule has 29 heavy (non-hydrogen) atoms. The summed E-state index contributed by atoms with van der Waals surface area (Å²) in [6.45, 7) is 4.78. The van der Waals surface area contributed by atoms with Gasteiger partial charge in [-0.15, -0.1) is 0 Å². The molecule has 2 aromatic carbocycles. The van der Waals surface area contributed by atoms with Gasteiger partial charge >= 0.3 is 0 Å². The van der Waals surface area contributed by atoms with Crippen molar-refractivity contribution >= 4 is 28.9 Å². The molecule has 0 fully saturated rings. The predicted octanol–water partition coefficient (Wildman–Crippen LogP) is 4.86. The van der Waals surface area contributed by atoms with E-state index in [1.54, 1.807) is 23.1 Å². The van der Waals surface area contributed by atoms with Gasteiger partial charge in [0.15, 0.2) is 11.9 Å². The van der Waals surface area contributed by atoms with Crippen LogP contribution in [0.2, 0.25) is 5.02 Å². The first-order chi connectivity index (χ1) is 13.9. The van der Waals surface area contributed by atoms with Gasteiger partial charge < -0.3 is 14.4 Å². The number of amides is 1. The van der Waals surface area contributed by atoms with Gasteiger partial charge in [-0.2, -0.15) is 0 Å². The number of fused-ring (bicyclic) bond motifs is 1. The second-order valence-electron chi connectivity index (χ2n) is 7.19. The summed E-state index contributed by atoms with van der Waals surface area (Å²) in [5.41, 5.74) is 0.507. The lowest BCUT2D eigenvalue weighted by Crippen LogP contribution is -2.48. The number of carbonyl (C=O) groups excluding carboxylic acids is 1. The number of nitrogens with zero attached hydrogens (tertiary/aromatic N) is 2. The summed E-state index contributed by atoms with van der Waals surface area (Å²) in [6.07, 6.45) is 0.817. The molecular weight excluding hydrogens is 396 g/mol. The molecule has 1 unspecified atom stereocenters. The average Bonchev–Trinajstić information content (AvgIpc) is 2.69. The number of carbonyl (C=O) groups is 1. The fourth-order valence-corrected chi connectivity index (χ4v) is 3.26. The van der Waals surface area contributed by atoms with Gasteiger partial charge in [0, 0.05) is 17.6 Å². The van der Waals surface area contributed by atoms with E-state index in [0.717, 1.165) is 18.6 Å². The highest BCUT2D eigenvalue weighted by molar-refractivity contribution is 6.30. The number of nitro benzene ring substituents is 1. The van der Waals surface area contributed by atoms with Gasteiger partial charge in [-0.1, -0.05) is 25.4 Å². The number of halogens is 1. The van der Waals surface area contributed by atoms with E-state index in [2.05, 4.69) is 0 Å². The highest BCUT2D eigenvalue weighted by Gasteiger charge is 2.36. The van der Waals surface area contributed by atoms with Crippen molar-refractivity contribution in [3.05, 3.63) is 57.6 Å². The lowest BCUT2D eigenvalue weighted by Gasteiger charge is -2.35. The number of rotatable bonds is 8. The Morgan fingerprint density at radius 3 is 2.59 bits per heavy atom. The molecule has 0 spiro atoms. The van der Waals surface area contributed by atoms with Crippen LogP contribution in [0.3, 0.4) is 0 Å². The largest absolute Gasteiger partial charge is 0.494 e. The summed E-state index contributed by atoms with van der Waals surface area (Å²) in [4.78, 5) is 25.2. The van der Waals surface area contributed by atoms with E-state index in [-0.39, 0.29) is 17.5 Å². The first-order valence-corrected chi connectivity index (χ1v) is 9.89. The van der Waals surface area contributed by atoms with Crippen molar-refractivity contribution in [2.45, 2.75) is 32.8 Å². The molecule has 0 bridgehead atoms. The van der Waals surface area contributed by atoms with Crippen molar-refractivity contribution < 1.29 is 19.2 Å². The van der Waals surface area contributed by atoms with Crippen LogP contribution >= 0.6 is 11.6 Å². The van der Waals surface area contributed by atoms with Gasteiger partial charge in [-0.05, 0) is 49.1 Å². The molecule has 1 amide bonds. The van der Waals surface area contributed by atoms with E-state index in [9.17, 15) is 14.9 Å². The SMILES string of the molecule is CC(C)C1Oc2cc([N+](=O)[O-])ccc2N(CCCCOc2ccc(Cl)cc2)C1=O. The smallest absolute Gasteiger partial charge is 0.273 e. The minimum atomic E-state index is -0.658. The predicted molar refractivity (Wildman–Crippen MR) is 111 cm³/mol. The zero-order chi connectivity index (χ0) is 21.0. The number of ether oxygens (including phenoxy) is 2. The second kappa shape index (κ2) is 9.13. The standard InChI is InChI=1S/C21H23ClN2O5/c1-14(2)20-21(25)23(18-10-7-16(24(26)27)13-19(18)29-20)11-3-4-12-28-17-8-5-15(22)6-9-17/h5-10,13-14,20H,3-4,11-12H2,1-2H3. The maximum absolute atomic E-state index is 12.9. The lowest BCUT2D eigenvalue weighted by atomic mass is 10.0. The van der Waals surface area contributed by atoms with E-state index >= 15 is 0 Å². The number of unbranched alkanes of at least 4 members (excludes halogenated alkanes) is 1. The first-order valence-electron chi connectivity index (χ1n) is 9.51. The normalized spacial score (nSPS) is 15.8. The Balaban J connectivity index is 1.64. The Bertz CT molecular complexity index is 885. The van der Waals surface area contributed by atoms with Crippen molar-refractivity contribution in [2.24, 2.45) is 5.92 Å². The van der Waals surface area contributed by atoms with Crippen LogP contribution < -0.4 is 14.4 Å². The van der Waals surface area contributed by atoms with E-state index in [0.29, 0.717) is 29.6 Å². The van der Waals surface area contributed by atoms with Crippen LogP contribution in [0.15, 0.2) is 42.5 Å². The molecule has 0 saturated carbocycles. The summed E-state index contributed by atoms with van der Waals surface area (Å²) in [6, 6.07) is 11.5. The molecule has 0 saturated heterocycles. The third-order valence-corrected chi connectivity index (χ3v) is 4.92. The molecule has 0 N–H and O–H groups in total. The average molecular weight is 419 g/mol. The maximum Gasteiger partial charge on any atom is 0.273 e. The van der Waals surface area contributed by atoms with Crippen molar-refractivity contribution in [1.29, 1.82) is 0 Å². The van der Waals surface area contributed by atoms with Crippen molar-refractivity contribution in [3.8, 4) is 11.5 Å². The summed E-state index contributed by atoms with van der Waals surface area (Å²) in [7, 11) is 0. The van der Waals surface area contributed by atoms with Crippen molar-refractivity contribution in [2.75, 3.05) is 18.1 Å². The summed E-state index contributed by atoms with van der Waals surface area (Å²) >= 11 is 5.86. The minimum Gasteiger partial charge on any atom is -0.494 e. The molecular formula is C21H23ClN2O5. The van der Waals surface area contributed by atoms with E-state index < -0.39 is 11.0 Å². The third-order valence-electron chi connectivity index (χ3n) is 4.67. The molecule has 1 aliphatic heterocycles. The topological polar surface area (TPSA) is 81.9 Å². The minimum absolute atomic E-state index is 0.0503. The molecule has 2 aromatic rings. The third kappa shape index (κ3) is 4.98. The zero-order valence-electron chi connectivity index (χ0n) is 16.3. The quantitative estimate of drug-likeness (QED) is 0.347. The highest BCUT2D eigenvalue weighted by Crippen LogP contribution is 2.38. The Hall–Kier alpha value is -2.80. The summed E-state index contributed by atoms with van der Waals surface area (Å²) < 4.78 is 11.5. The van der Waals surface area contributed by atoms with E-state index in [1.807, 2.05) is 26.0 Å². The van der Waals surface area contributed by atoms with Crippen LogP contribution in [-0.2, 0) is 4.79 Å². The maximum atomic E-state index is 12.9. The van der Waals surface area contributed by atoms with Crippen LogP contribution in [0.1, 0.15) is 26.7 Å². The number of hydrogen-bond donors (Lipinski definition) is 0. The highest BCUT2D eigenvalue weighted by atomic mass is 35.5. The monoisotopic (exact) mass is 418 g/mol. The van der Waals surface area contributed by atoms with Gasteiger partial charge in [0.2, 0.25) is 0 Å². The Morgan fingerprint density at radius 1 is 1.21 bits per heavy atom. The summed E-state index contributed by atoms with van der Waals surface area (Å²) in [5.74, 6) is 0.940. The van der Waals surface area contributed by atoms with Gasteiger partial charge in [-0.3, -0.25) is 14.9 Å². The van der Waals surface area contributed by atoms with Gasteiger partial charge in [0.05, 0.1) is 23.3 Å². The van der Waals surface area contributed by atoms with Crippen LogP contribution in [-0.4, -0.2) is 30.1 Å². The number of anilines is 1. The Morgan fingerprint density at radius 2 is 1.93 bits per heavy atom. The fourth-order valence-electron chi connectivity index (χ4n) is 3.14. The second-order valence-corrected chi connectivity index (χ2v) is 7.63. The molecule has 0 aliphatic carbocycles. The van der Waals surface area contributed by atoms with Crippen LogP contribution in [0.4, 0.5) is 11.4 Å². The molecule has 0 radical (unpaired) electrons.